The van der Waals surface area contributed by atoms with Crippen LogP contribution in [0.25, 0.3) is 0 Å². The number of piperidine rings is 1. The zero-order chi connectivity index (χ0) is 17.6. The third kappa shape index (κ3) is 3.99. The summed E-state index contributed by atoms with van der Waals surface area (Å²) in [6.45, 7) is 3.17. The van der Waals surface area contributed by atoms with Crippen LogP contribution in [0.4, 0.5) is 5.69 Å². The monoisotopic (exact) mass is 342 g/mol. The molecule has 1 aromatic heterocycles. The number of hydrogen-bond donors (Lipinski definition) is 0. The molecule has 2 aromatic rings. The van der Waals surface area contributed by atoms with Gasteiger partial charge in [0.1, 0.15) is 5.75 Å². The van der Waals surface area contributed by atoms with E-state index in [2.05, 4.69) is 10.3 Å². The molecule has 7 heteroatoms. The number of aryl methyl sites for hydroxylation is 1. The topological polar surface area (TPSA) is 69.0 Å². The molecular weight excluding hydrogens is 320 g/mol. The van der Waals surface area contributed by atoms with E-state index in [0.29, 0.717) is 19.6 Å². The number of carbonyl (C=O) groups excluding carboxylic acids is 1. The second kappa shape index (κ2) is 7.83. The average molecular weight is 342 g/mol. The Bertz CT molecular complexity index is 756. The lowest BCUT2D eigenvalue weighted by molar-refractivity contribution is -0.132. The standard InChI is InChI=1S/C18H22N4O3/c1-3-24-16-8-5-4-7-14(16)11-20-25-17-9-6-10-22(18(17)23)15-12-19-21(2)13-15/h4-5,7-8,11-13,17H,3,6,9-10H2,1-2H3. The highest BCUT2D eigenvalue weighted by atomic mass is 16.6. The van der Waals surface area contributed by atoms with Crippen molar-refractivity contribution in [2.45, 2.75) is 25.9 Å². The summed E-state index contributed by atoms with van der Waals surface area (Å²) >= 11 is 0. The fourth-order valence-electron chi connectivity index (χ4n) is 2.78. The molecule has 1 aliphatic rings. The lowest BCUT2D eigenvalue weighted by atomic mass is 10.1. The number of nitrogens with zero attached hydrogens (tertiary/aromatic N) is 4. The van der Waals surface area contributed by atoms with Crippen LogP contribution >= 0.6 is 0 Å². The Morgan fingerprint density at radius 1 is 1.40 bits per heavy atom. The highest BCUT2D eigenvalue weighted by Crippen LogP contribution is 2.22. The molecule has 1 aromatic carbocycles. The van der Waals surface area contributed by atoms with Crippen molar-refractivity contribution in [3.05, 3.63) is 42.2 Å². The Kier molecular flexibility index (Phi) is 5.33. The molecule has 1 amide bonds. The van der Waals surface area contributed by atoms with E-state index in [9.17, 15) is 4.79 Å². The predicted molar refractivity (Wildman–Crippen MR) is 94.9 cm³/mol. The number of aromatic nitrogens is 2. The number of anilines is 1. The van der Waals surface area contributed by atoms with Gasteiger partial charge in [-0.05, 0) is 31.9 Å². The second-order valence-corrected chi connectivity index (χ2v) is 5.80. The first-order chi connectivity index (χ1) is 12.2. The Hall–Kier alpha value is -2.83. The lowest BCUT2D eigenvalue weighted by Crippen LogP contribution is -2.44. The second-order valence-electron chi connectivity index (χ2n) is 5.80. The molecule has 0 saturated carbocycles. The molecule has 0 aliphatic carbocycles. The summed E-state index contributed by atoms with van der Waals surface area (Å²) < 4.78 is 7.22. The van der Waals surface area contributed by atoms with E-state index in [-0.39, 0.29) is 5.91 Å². The highest BCUT2D eigenvalue weighted by Gasteiger charge is 2.32. The maximum absolute atomic E-state index is 12.6. The quantitative estimate of drug-likeness (QED) is 0.597. The summed E-state index contributed by atoms with van der Waals surface area (Å²) in [4.78, 5) is 19.8. The minimum absolute atomic E-state index is 0.0884. The van der Waals surface area contributed by atoms with Crippen molar-refractivity contribution in [3.63, 3.8) is 0 Å². The van der Waals surface area contributed by atoms with E-state index in [1.807, 2.05) is 44.4 Å². The van der Waals surface area contributed by atoms with E-state index in [1.165, 1.54) is 0 Å². The molecule has 2 heterocycles. The smallest absolute Gasteiger partial charge is 0.270 e. The summed E-state index contributed by atoms with van der Waals surface area (Å²) in [7, 11) is 1.83. The van der Waals surface area contributed by atoms with Gasteiger partial charge in [-0.1, -0.05) is 17.3 Å². The Morgan fingerprint density at radius 2 is 2.24 bits per heavy atom. The maximum atomic E-state index is 12.6. The molecule has 0 N–H and O–H groups in total. The van der Waals surface area contributed by atoms with Gasteiger partial charge < -0.3 is 14.5 Å². The number of ether oxygens (including phenoxy) is 1. The van der Waals surface area contributed by atoms with Gasteiger partial charge >= 0.3 is 0 Å². The molecule has 7 nitrogen and oxygen atoms in total. The molecule has 1 unspecified atom stereocenters. The van der Waals surface area contributed by atoms with Crippen molar-refractivity contribution < 1.29 is 14.4 Å². The van der Waals surface area contributed by atoms with Gasteiger partial charge in [0.25, 0.3) is 5.91 Å². The van der Waals surface area contributed by atoms with Crippen LogP contribution in [-0.4, -0.2) is 41.2 Å². The van der Waals surface area contributed by atoms with Crippen LogP contribution in [0, 0.1) is 0 Å². The molecule has 1 fully saturated rings. The molecule has 25 heavy (non-hydrogen) atoms. The summed E-state index contributed by atoms with van der Waals surface area (Å²) in [6, 6.07) is 7.57. The minimum atomic E-state index is -0.579. The van der Waals surface area contributed by atoms with Gasteiger partial charge in [-0.15, -0.1) is 0 Å². The Balaban J connectivity index is 1.65. The van der Waals surface area contributed by atoms with Gasteiger partial charge in [-0.25, -0.2) is 0 Å². The van der Waals surface area contributed by atoms with Gasteiger partial charge in [-0.3, -0.25) is 9.48 Å². The molecule has 1 saturated heterocycles. The van der Waals surface area contributed by atoms with Gasteiger partial charge in [-0.2, -0.15) is 5.10 Å². The number of amides is 1. The van der Waals surface area contributed by atoms with E-state index in [1.54, 1.807) is 22.0 Å². The highest BCUT2D eigenvalue weighted by molar-refractivity contribution is 5.97. The number of hydrogen-bond acceptors (Lipinski definition) is 5. The molecule has 1 atom stereocenters. The molecule has 1 aliphatic heterocycles. The molecular formula is C18H22N4O3. The van der Waals surface area contributed by atoms with E-state index < -0.39 is 6.10 Å². The number of carbonyl (C=O) groups is 1. The molecule has 0 bridgehead atoms. The zero-order valence-electron chi connectivity index (χ0n) is 14.5. The summed E-state index contributed by atoms with van der Waals surface area (Å²) in [5.74, 6) is 0.652. The fourth-order valence-corrected chi connectivity index (χ4v) is 2.78. The molecule has 0 spiro atoms. The van der Waals surface area contributed by atoms with Gasteiger partial charge in [0.2, 0.25) is 6.10 Å². The van der Waals surface area contributed by atoms with Gasteiger partial charge in [0.15, 0.2) is 0 Å². The van der Waals surface area contributed by atoms with Crippen LogP contribution in [0.5, 0.6) is 5.75 Å². The fraction of sp³-hybridized carbons (Fsp3) is 0.389. The summed E-state index contributed by atoms with van der Waals surface area (Å²) in [5.41, 5.74) is 1.60. The normalized spacial score (nSPS) is 17.9. The Morgan fingerprint density at radius 3 is 3.00 bits per heavy atom. The van der Waals surface area contributed by atoms with Crippen LogP contribution in [0.15, 0.2) is 41.8 Å². The molecule has 132 valence electrons. The van der Waals surface area contributed by atoms with Gasteiger partial charge in [0, 0.05) is 25.4 Å². The van der Waals surface area contributed by atoms with E-state index in [0.717, 1.165) is 23.4 Å². The van der Waals surface area contributed by atoms with E-state index >= 15 is 0 Å². The predicted octanol–water partition coefficient (Wildman–Crippen LogP) is 2.36. The van der Waals surface area contributed by atoms with Crippen molar-refractivity contribution in [2.24, 2.45) is 12.2 Å². The number of para-hydroxylation sites is 1. The lowest BCUT2D eigenvalue weighted by Gasteiger charge is -2.29. The SMILES string of the molecule is CCOc1ccccc1C=NOC1CCCN(c2cnn(C)c2)C1=O. The van der Waals surface area contributed by atoms with Crippen LogP contribution in [0.1, 0.15) is 25.3 Å². The van der Waals surface area contributed by atoms with Crippen LogP contribution < -0.4 is 9.64 Å². The van der Waals surface area contributed by atoms with Crippen molar-refractivity contribution in [3.8, 4) is 5.75 Å². The van der Waals surface area contributed by atoms with Crippen molar-refractivity contribution in [2.75, 3.05) is 18.1 Å². The average Bonchev–Trinajstić information content (AvgIpc) is 3.04. The minimum Gasteiger partial charge on any atom is -0.493 e. The van der Waals surface area contributed by atoms with Crippen molar-refractivity contribution in [1.29, 1.82) is 0 Å². The third-order valence-electron chi connectivity index (χ3n) is 3.99. The van der Waals surface area contributed by atoms with Gasteiger partial charge in [0.05, 0.1) is 24.7 Å². The molecule has 0 radical (unpaired) electrons. The number of rotatable bonds is 6. The number of oxime groups is 1. The number of benzene rings is 1. The van der Waals surface area contributed by atoms with Crippen molar-refractivity contribution >= 4 is 17.8 Å². The Labute approximate surface area is 146 Å². The third-order valence-corrected chi connectivity index (χ3v) is 3.99. The van der Waals surface area contributed by atoms with Crippen LogP contribution in [-0.2, 0) is 16.7 Å². The first kappa shape index (κ1) is 17.0. The van der Waals surface area contributed by atoms with E-state index in [4.69, 9.17) is 9.57 Å². The molecule has 3 rings (SSSR count). The summed E-state index contributed by atoms with van der Waals surface area (Å²) in [6.07, 6.45) is 6.02. The largest absolute Gasteiger partial charge is 0.493 e. The summed E-state index contributed by atoms with van der Waals surface area (Å²) in [5, 5.41) is 8.14. The van der Waals surface area contributed by atoms with Crippen molar-refractivity contribution in [1.82, 2.24) is 9.78 Å². The maximum Gasteiger partial charge on any atom is 0.270 e. The first-order valence-corrected chi connectivity index (χ1v) is 8.40. The first-order valence-electron chi connectivity index (χ1n) is 8.40. The van der Waals surface area contributed by atoms with Crippen LogP contribution in [0.2, 0.25) is 0 Å². The van der Waals surface area contributed by atoms with Crippen LogP contribution in [0.3, 0.4) is 0 Å². The zero-order valence-corrected chi connectivity index (χ0v) is 14.5.